The summed E-state index contributed by atoms with van der Waals surface area (Å²) in [6, 6.07) is 0. The molecular formula is C8H19NS. The molecule has 0 heterocycles. The molecule has 0 bridgehead atoms. The van der Waals surface area contributed by atoms with Crippen LogP contribution >= 0.6 is 11.8 Å². The van der Waals surface area contributed by atoms with Gasteiger partial charge in [-0.15, -0.1) is 0 Å². The summed E-state index contributed by atoms with van der Waals surface area (Å²) in [4.78, 5) is 0. The van der Waals surface area contributed by atoms with Crippen LogP contribution in [-0.4, -0.2) is 16.5 Å². The lowest BCUT2D eigenvalue weighted by atomic mass is 10.3. The van der Waals surface area contributed by atoms with Crippen molar-refractivity contribution in [3.8, 4) is 0 Å². The van der Waals surface area contributed by atoms with Gasteiger partial charge < -0.3 is 5.73 Å². The van der Waals surface area contributed by atoms with Crippen LogP contribution in [-0.2, 0) is 0 Å². The minimum atomic E-state index is 0.361. The summed E-state index contributed by atoms with van der Waals surface area (Å²) < 4.78 is 0.361. The quantitative estimate of drug-likeness (QED) is 0.687. The van der Waals surface area contributed by atoms with E-state index in [1.807, 2.05) is 11.8 Å². The summed E-state index contributed by atoms with van der Waals surface area (Å²) in [6.45, 7) is 9.69. The Morgan fingerprint density at radius 2 is 1.90 bits per heavy atom. The molecule has 0 aliphatic rings. The van der Waals surface area contributed by atoms with Crippen LogP contribution in [0, 0.1) is 0 Å². The fourth-order valence-electron chi connectivity index (χ4n) is 0.798. The molecule has 0 aliphatic carbocycles. The van der Waals surface area contributed by atoms with Crippen LogP contribution in [0.5, 0.6) is 0 Å². The fourth-order valence-corrected chi connectivity index (χ4v) is 2.06. The molecule has 0 saturated heterocycles. The highest BCUT2D eigenvalue weighted by atomic mass is 32.2. The number of nitrogens with two attached hydrogens (primary N) is 1. The van der Waals surface area contributed by atoms with Gasteiger partial charge in [-0.2, -0.15) is 11.8 Å². The maximum absolute atomic E-state index is 5.57. The van der Waals surface area contributed by atoms with E-state index in [2.05, 4.69) is 27.7 Å². The summed E-state index contributed by atoms with van der Waals surface area (Å²) in [5.41, 5.74) is 5.57. The Morgan fingerprint density at radius 1 is 1.40 bits per heavy atom. The van der Waals surface area contributed by atoms with Crippen LogP contribution in [0.1, 0.15) is 34.1 Å². The van der Waals surface area contributed by atoms with Gasteiger partial charge in [-0.1, -0.05) is 27.7 Å². The largest absolute Gasteiger partial charge is 0.329 e. The van der Waals surface area contributed by atoms with E-state index >= 15 is 0 Å². The van der Waals surface area contributed by atoms with E-state index in [9.17, 15) is 0 Å². The van der Waals surface area contributed by atoms with Gasteiger partial charge in [0.25, 0.3) is 0 Å². The van der Waals surface area contributed by atoms with Gasteiger partial charge in [-0.3, -0.25) is 0 Å². The zero-order valence-electron chi connectivity index (χ0n) is 7.48. The van der Waals surface area contributed by atoms with E-state index in [0.717, 1.165) is 6.54 Å². The van der Waals surface area contributed by atoms with Crippen molar-refractivity contribution >= 4 is 11.8 Å². The summed E-state index contributed by atoms with van der Waals surface area (Å²) in [7, 11) is 0. The summed E-state index contributed by atoms with van der Waals surface area (Å²) in [6.07, 6.45) is 1.18. The Hall–Kier alpha value is 0.310. The van der Waals surface area contributed by atoms with Crippen molar-refractivity contribution in [2.45, 2.75) is 44.1 Å². The van der Waals surface area contributed by atoms with Gasteiger partial charge in [0.05, 0.1) is 0 Å². The minimum absolute atomic E-state index is 0.361. The minimum Gasteiger partial charge on any atom is -0.329 e. The summed E-state index contributed by atoms with van der Waals surface area (Å²) in [5.74, 6) is 0. The van der Waals surface area contributed by atoms with E-state index in [0.29, 0.717) is 10.00 Å². The van der Waals surface area contributed by atoms with Crippen LogP contribution in [0.4, 0.5) is 0 Å². The van der Waals surface area contributed by atoms with Crippen molar-refractivity contribution in [1.82, 2.24) is 0 Å². The standard InChI is InChI=1S/C8H19NS/c1-5-7(6-9)10-8(2,3)4/h7H,5-6,9H2,1-4H3. The van der Waals surface area contributed by atoms with Gasteiger partial charge in [0.2, 0.25) is 0 Å². The van der Waals surface area contributed by atoms with Gasteiger partial charge in [0, 0.05) is 16.5 Å². The van der Waals surface area contributed by atoms with Gasteiger partial charge in [0.15, 0.2) is 0 Å². The average molecular weight is 161 g/mol. The third kappa shape index (κ3) is 5.12. The zero-order valence-corrected chi connectivity index (χ0v) is 8.29. The summed E-state index contributed by atoms with van der Waals surface area (Å²) >= 11 is 1.98. The van der Waals surface area contributed by atoms with Crippen molar-refractivity contribution in [3.05, 3.63) is 0 Å². The summed E-state index contributed by atoms with van der Waals surface area (Å²) in [5, 5.41) is 0.639. The molecule has 0 spiro atoms. The van der Waals surface area contributed by atoms with Crippen LogP contribution in [0.25, 0.3) is 0 Å². The SMILES string of the molecule is CCC(CN)SC(C)(C)C. The van der Waals surface area contributed by atoms with Crippen molar-refractivity contribution in [2.75, 3.05) is 6.54 Å². The Balaban J connectivity index is 3.63. The molecule has 1 unspecified atom stereocenters. The lowest BCUT2D eigenvalue weighted by molar-refractivity contribution is 0.762. The normalized spacial score (nSPS) is 15.3. The molecule has 10 heavy (non-hydrogen) atoms. The number of hydrogen-bond acceptors (Lipinski definition) is 2. The number of thioether (sulfide) groups is 1. The number of rotatable bonds is 3. The van der Waals surface area contributed by atoms with Crippen molar-refractivity contribution < 1.29 is 0 Å². The third-order valence-electron chi connectivity index (χ3n) is 1.24. The van der Waals surface area contributed by atoms with E-state index in [4.69, 9.17) is 5.73 Å². The van der Waals surface area contributed by atoms with Crippen LogP contribution in [0.15, 0.2) is 0 Å². The highest BCUT2D eigenvalue weighted by molar-refractivity contribution is 8.01. The molecule has 0 fully saturated rings. The van der Waals surface area contributed by atoms with E-state index in [-0.39, 0.29) is 0 Å². The highest BCUT2D eigenvalue weighted by Gasteiger charge is 2.15. The first-order valence-electron chi connectivity index (χ1n) is 3.87. The Morgan fingerprint density at radius 3 is 2.00 bits per heavy atom. The number of hydrogen-bond donors (Lipinski definition) is 1. The molecule has 62 valence electrons. The van der Waals surface area contributed by atoms with Crippen LogP contribution < -0.4 is 5.73 Å². The molecule has 1 nitrogen and oxygen atoms in total. The van der Waals surface area contributed by atoms with Gasteiger partial charge in [-0.05, 0) is 6.42 Å². The average Bonchev–Trinajstić information content (AvgIpc) is 1.81. The molecule has 0 rings (SSSR count). The van der Waals surface area contributed by atoms with Crippen molar-refractivity contribution in [3.63, 3.8) is 0 Å². The predicted octanol–water partition coefficient (Wildman–Crippen LogP) is 2.26. The molecule has 0 saturated carbocycles. The first kappa shape index (κ1) is 10.3. The third-order valence-corrected chi connectivity index (χ3v) is 2.80. The molecule has 0 amide bonds. The molecule has 2 N–H and O–H groups in total. The second-order valence-corrected chi connectivity index (χ2v) is 5.62. The predicted molar refractivity (Wildman–Crippen MR) is 50.5 cm³/mol. The lowest BCUT2D eigenvalue weighted by Gasteiger charge is -2.23. The fraction of sp³-hybridized carbons (Fsp3) is 1.00. The van der Waals surface area contributed by atoms with E-state index in [1.54, 1.807) is 0 Å². The maximum atomic E-state index is 5.57. The molecule has 0 aliphatic heterocycles. The van der Waals surface area contributed by atoms with Crippen LogP contribution in [0.3, 0.4) is 0 Å². The van der Waals surface area contributed by atoms with E-state index in [1.165, 1.54) is 6.42 Å². The Bertz CT molecular complexity index is 81.7. The van der Waals surface area contributed by atoms with Crippen molar-refractivity contribution in [2.24, 2.45) is 5.73 Å². The second kappa shape index (κ2) is 4.24. The monoisotopic (exact) mass is 161 g/mol. The van der Waals surface area contributed by atoms with Crippen molar-refractivity contribution in [1.29, 1.82) is 0 Å². The molecule has 2 heteroatoms. The molecule has 0 aromatic carbocycles. The Labute approximate surface area is 68.8 Å². The van der Waals surface area contributed by atoms with Gasteiger partial charge in [0.1, 0.15) is 0 Å². The Kier molecular flexibility index (Phi) is 4.37. The molecule has 0 aromatic heterocycles. The smallest absolute Gasteiger partial charge is 0.0172 e. The van der Waals surface area contributed by atoms with Gasteiger partial charge >= 0.3 is 0 Å². The molecule has 1 atom stereocenters. The lowest BCUT2D eigenvalue weighted by Crippen LogP contribution is -2.22. The highest BCUT2D eigenvalue weighted by Crippen LogP contribution is 2.28. The maximum Gasteiger partial charge on any atom is 0.0172 e. The first-order chi connectivity index (χ1) is 4.49. The zero-order chi connectivity index (χ0) is 8.20. The second-order valence-electron chi connectivity index (χ2n) is 3.50. The van der Waals surface area contributed by atoms with E-state index < -0.39 is 0 Å². The molecular weight excluding hydrogens is 142 g/mol. The van der Waals surface area contributed by atoms with Gasteiger partial charge in [-0.25, -0.2) is 0 Å². The topological polar surface area (TPSA) is 26.0 Å². The first-order valence-corrected chi connectivity index (χ1v) is 4.75. The van der Waals surface area contributed by atoms with Crippen LogP contribution in [0.2, 0.25) is 0 Å². The molecule has 0 aromatic rings. The molecule has 0 radical (unpaired) electrons.